The van der Waals surface area contributed by atoms with Crippen LogP contribution < -0.4 is 5.32 Å². The molecule has 0 fully saturated rings. The second-order valence-corrected chi connectivity index (χ2v) is 6.06. The van der Waals surface area contributed by atoms with Crippen LogP contribution in [0.4, 0.5) is 0 Å². The Hall–Kier alpha value is -0.880. The lowest BCUT2D eigenvalue weighted by Crippen LogP contribution is -2.35. The Balaban J connectivity index is 2.24. The van der Waals surface area contributed by atoms with Gasteiger partial charge < -0.3 is 23.9 Å². The molecule has 5 heteroatoms. The van der Waals surface area contributed by atoms with E-state index in [1.165, 1.54) is 5.56 Å². The summed E-state index contributed by atoms with van der Waals surface area (Å²) in [5.74, 6) is 1.80. The van der Waals surface area contributed by atoms with Gasteiger partial charge in [0.05, 0.1) is 26.4 Å². The van der Waals surface area contributed by atoms with E-state index in [1.807, 2.05) is 6.92 Å². The van der Waals surface area contributed by atoms with Gasteiger partial charge in [0.25, 0.3) is 0 Å². The van der Waals surface area contributed by atoms with E-state index in [1.54, 1.807) is 7.11 Å². The summed E-state index contributed by atoms with van der Waals surface area (Å²) in [4.78, 5) is 0. The zero-order chi connectivity index (χ0) is 15.7. The Morgan fingerprint density at radius 1 is 1.10 bits per heavy atom. The SMILES string of the molecule is COCCOCCOCc1cc(CNC(C)(C)C)c(C)o1. The number of methoxy groups -OCH3 is 1. The lowest BCUT2D eigenvalue weighted by molar-refractivity contribution is 0.0160. The highest BCUT2D eigenvalue weighted by atomic mass is 16.5. The van der Waals surface area contributed by atoms with Crippen molar-refractivity contribution >= 4 is 0 Å². The van der Waals surface area contributed by atoms with Crippen LogP contribution in [0.3, 0.4) is 0 Å². The highest BCUT2D eigenvalue weighted by Crippen LogP contribution is 2.16. The van der Waals surface area contributed by atoms with Crippen molar-refractivity contribution in [1.29, 1.82) is 0 Å². The smallest absolute Gasteiger partial charge is 0.130 e. The van der Waals surface area contributed by atoms with Crippen LogP contribution in [-0.2, 0) is 27.4 Å². The van der Waals surface area contributed by atoms with E-state index in [9.17, 15) is 0 Å². The number of rotatable bonds is 10. The fraction of sp³-hybridized carbons (Fsp3) is 0.750. The molecule has 1 aromatic heterocycles. The van der Waals surface area contributed by atoms with Gasteiger partial charge in [-0.1, -0.05) is 0 Å². The summed E-state index contributed by atoms with van der Waals surface area (Å²) >= 11 is 0. The Morgan fingerprint density at radius 3 is 2.43 bits per heavy atom. The molecule has 1 rings (SSSR count). The highest BCUT2D eigenvalue weighted by Gasteiger charge is 2.12. The van der Waals surface area contributed by atoms with E-state index in [4.69, 9.17) is 18.6 Å². The summed E-state index contributed by atoms with van der Waals surface area (Å²) in [5, 5.41) is 3.46. The summed E-state index contributed by atoms with van der Waals surface area (Å²) < 4.78 is 21.5. The van der Waals surface area contributed by atoms with Crippen molar-refractivity contribution in [2.75, 3.05) is 33.5 Å². The molecule has 0 aliphatic carbocycles. The zero-order valence-corrected chi connectivity index (χ0v) is 14.0. The van der Waals surface area contributed by atoms with Gasteiger partial charge in [-0.2, -0.15) is 0 Å². The van der Waals surface area contributed by atoms with Crippen molar-refractivity contribution in [2.24, 2.45) is 0 Å². The molecule has 1 aromatic rings. The fourth-order valence-corrected chi connectivity index (χ4v) is 1.73. The summed E-state index contributed by atoms with van der Waals surface area (Å²) in [6, 6.07) is 2.06. The van der Waals surface area contributed by atoms with Crippen LogP contribution in [0.2, 0.25) is 0 Å². The minimum absolute atomic E-state index is 0.0971. The fourth-order valence-electron chi connectivity index (χ4n) is 1.73. The molecule has 0 aromatic carbocycles. The van der Waals surface area contributed by atoms with Gasteiger partial charge in [-0.25, -0.2) is 0 Å². The maximum atomic E-state index is 5.70. The minimum atomic E-state index is 0.0971. The molecule has 1 N–H and O–H groups in total. The molecular weight excluding hydrogens is 270 g/mol. The Bertz CT molecular complexity index is 395. The lowest BCUT2D eigenvalue weighted by atomic mass is 10.1. The number of hydrogen-bond donors (Lipinski definition) is 1. The summed E-state index contributed by atoms with van der Waals surface area (Å²) in [7, 11) is 1.66. The second kappa shape index (κ2) is 9.20. The normalized spacial score (nSPS) is 12.0. The van der Waals surface area contributed by atoms with Crippen molar-refractivity contribution in [3.63, 3.8) is 0 Å². The molecule has 0 saturated carbocycles. The predicted octanol–water partition coefficient (Wildman–Crippen LogP) is 2.66. The van der Waals surface area contributed by atoms with E-state index in [-0.39, 0.29) is 5.54 Å². The van der Waals surface area contributed by atoms with Gasteiger partial charge in [0.15, 0.2) is 0 Å². The zero-order valence-electron chi connectivity index (χ0n) is 14.0. The van der Waals surface area contributed by atoms with Crippen LogP contribution in [0, 0.1) is 6.92 Å². The molecule has 122 valence electrons. The molecule has 0 aliphatic heterocycles. The third kappa shape index (κ3) is 8.21. The minimum Gasteiger partial charge on any atom is -0.464 e. The molecule has 0 spiro atoms. The maximum Gasteiger partial charge on any atom is 0.130 e. The van der Waals surface area contributed by atoms with Gasteiger partial charge in [-0.3, -0.25) is 0 Å². The molecule has 0 amide bonds. The van der Waals surface area contributed by atoms with Gasteiger partial charge in [-0.05, 0) is 33.8 Å². The van der Waals surface area contributed by atoms with Crippen molar-refractivity contribution in [3.8, 4) is 0 Å². The molecule has 0 saturated heterocycles. The Labute approximate surface area is 127 Å². The number of nitrogens with one attached hydrogen (secondary N) is 1. The molecule has 0 bridgehead atoms. The van der Waals surface area contributed by atoms with Crippen molar-refractivity contribution < 1.29 is 18.6 Å². The molecule has 5 nitrogen and oxygen atoms in total. The summed E-state index contributed by atoms with van der Waals surface area (Å²) in [5.41, 5.74) is 1.28. The largest absolute Gasteiger partial charge is 0.464 e. The van der Waals surface area contributed by atoms with Crippen LogP contribution in [-0.4, -0.2) is 39.1 Å². The van der Waals surface area contributed by atoms with Gasteiger partial charge >= 0.3 is 0 Å². The molecule has 21 heavy (non-hydrogen) atoms. The Kier molecular flexibility index (Phi) is 7.96. The van der Waals surface area contributed by atoms with Crippen LogP contribution in [0.5, 0.6) is 0 Å². The average Bonchev–Trinajstić information content (AvgIpc) is 2.75. The summed E-state index contributed by atoms with van der Waals surface area (Å²) in [6.07, 6.45) is 0. The first-order chi connectivity index (χ1) is 9.92. The summed E-state index contributed by atoms with van der Waals surface area (Å²) in [6.45, 7) is 12.0. The van der Waals surface area contributed by atoms with E-state index in [0.717, 1.165) is 18.1 Å². The predicted molar refractivity (Wildman–Crippen MR) is 82.4 cm³/mol. The number of furan rings is 1. The van der Waals surface area contributed by atoms with Crippen LogP contribution in [0.1, 0.15) is 37.9 Å². The van der Waals surface area contributed by atoms with Gasteiger partial charge in [-0.15, -0.1) is 0 Å². The molecule has 0 unspecified atom stereocenters. The van der Waals surface area contributed by atoms with E-state index in [0.29, 0.717) is 33.0 Å². The van der Waals surface area contributed by atoms with Crippen LogP contribution >= 0.6 is 0 Å². The first kappa shape index (κ1) is 18.2. The third-order valence-electron chi connectivity index (χ3n) is 2.93. The van der Waals surface area contributed by atoms with Crippen molar-refractivity contribution in [2.45, 2.75) is 46.4 Å². The van der Waals surface area contributed by atoms with Crippen LogP contribution in [0.25, 0.3) is 0 Å². The lowest BCUT2D eigenvalue weighted by Gasteiger charge is -2.20. The highest BCUT2D eigenvalue weighted by molar-refractivity contribution is 5.20. The molecular formula is C16H29NO4. The van der Waals surface area contributed by atoms with E-state index in [2.05, 4.69) is 32.2 Å². The van der Waals surface area contributed by atoms with E-state index >= 15 is 0 Å². The Morgan fingerprint density at radius 2 is 1.76 bits per heavy atom. The second-order valence-electron chi connectivity index (χ2n) is 6.06. The molecule has 0 radical (unpaired) electrons. The number of hydrogen-bond acceptors (Lipinski definition) is 5. The number of aryl methyl sites for hydroxylation is 1. The van der Waals surface area contributed by atoms with Gasteiger partial charge in [0.1, 0.15) is 18.1 Å². The van der Waals surface area contributed by atoms with Crippen LogP contribution in [0.15, 0.2) is 10.5 Å². The first-order valence-electron chi connectivity index (χ1n) is 7.40. The quantitative estimate of drug-likeness (QED) is 0.673. The van der Waals surface area contributed by atoms with Gasteiger partial charge in [0, 0.05) is 24.8 Å². The molecule has 0 atom stereocenters. The maximum absolute atomic E-state index is 5.70. The van der Waals surface area contributed by atoms with Crippen molar-refractivity contribution in [3.05, 3.63) is 23.2 Å². The topological polar surface area (TPSA) is 52.9 Å². The van der Waals surface area contributed by atoms with Crippen molar-refractivity contribution in [1.82, 2.24) is 5.32 Å². The standard InChI is InChI=1S/C16H29NO4/c1-13-14(11-17-16(2,3)4)10-15(21-13)12-20-9-8-19-7-6-18-5/h10,17H,6-9,11-12H2,1-5H3. The average molecular weight is 299 g/mol. The van der Waals surface area contributed by atoms with Gasteiger partial charge in [0.2, 0.25) is 0 Å². The first-order valence-corrected chi connectivity index (χ1v) is 7.40. The third-order valence-corrected chi connectivity index (χ3v) is 2.93. The number of ether oxygens (including phenoxy) is 3. The molecule has 1 heterocycles. The van der Waals surface area contributed by atoms with E-state index < -0.39 is 0 Å². The monoisotopic (exact) mass is 299 g/mol. The molecule has 0 aliphatic rings.